The molecule has 0 bridgehead atoms. The maximum Gasteiger partial charge on any atom is 0.0373 e. The normalized spacial score (nSPS) is 43.4. The molecular formula is C25H41Cl. The zero-order valence-corrected chi connectivity index (χ0v) is 18.2. The van der Waals surface area contributed by atoms with Gasteiger partial charge in [-0.3, -0.25) is 0 Å². The summed E-state index contributed by atoms with van der Waals surface area (Å²) in [7, 11) is 0. The van der Waals surface area contributed by atoms with Gasteiger partial charge in [0.05, 0.1) is 0 Å². The monoisotopic (exact) mass is 376 g/mol. The lowest BCUT2D eigenvalue weighted by Gasteiger charge is -2.50. The van der Waals surface area contributed by atoms with Crippen LogP contribution in [-0.4, -0.2) is 5.38 Å². The minimum atomic E-state index is 0.424. The Balaban J connectivity index is 1.39. The molecule has 4 aliphatic rings. The van der Waals surface area contributed by atoms with Crippen LogP contribution in [0.1, 0.15) is 91.4 Å². The van der Waals surface area contributed by atoms with Crippen LogP contribution in [0.4, 0.5) is 0 Å². The van der Waals surface area contributed by atoms with E-state index in [1.165, 1.54) is 57.8 Å². The Kier molecular flexibility index (Phi) is 6.09. The zero-order valence-electron chi connectivity index (χ0n) is 17.4. The van der Waals surface area contributed by atoms with Crippen molar-refractivity contribution in [2.24, 2.45) is 47.3 Å². The van der Waals surface area contributed by atoms with Gasteiger partial charge in [0.15, 0.2) is 0 Å². The van der Waals surface area contributed by atoms with Gasteiger partial charge in [-0.15, -0.1) is 11.6 Å². The highest BCUT2D eigenvalue weighted by Crippen LogP contribution is 2.59. The van der Waals surface area contributed by atoms with Gasteiger partial charge in [-0.25, -0.2) is 0 Å². The van der Waals surface area contributed by atoms with Gasteiger partial charge in [0.2, 0.25) is 0 Å². The van der Waals surface area contributed by atoms with Gasteiger partial charge in [-0.1, -0.05) is 51.7 Å². The van der Waals surface area contributed by atoms with Crippen LogP contribution in [-0.2, 0) is 0 Å². The predicted octanol–water partition coefficient (Wildman–Crippen LogP) is 7.86. The van der Waals surface area contributed by atoms with Gasteiger partial charge in [-0.2, -0.15) is 0 Å². The summed E-state index contributed by atoms with van der Waals surface area (Å²) in [6.45, 7) is 7.33. The summed E-state index contributed by atoms with van der Waals surface area (Å²) >= 11 is 6.47. The van der Waals surface area contributed by atoms with E-state index >= 15 is 0 Å². The van der Waals surface area contributed by atoms with Gasteiger partial charge >= 0.3 is 0 Å². The molecule has 4 aliphatic carbocycles. The molecule has 0 radical (unpaired) electrons. The number of fused-ring (bicyclic) bond motifs is 5. The third-order valence-corrected chi connectivity index (χ3v) is 9.30. The van der Waals surface area contributed by atoms with Crippen molar-refractivity contribution in [3.8, 4) is 0 Å². The lowest BCUT2D eigenvalue weighted by Crippen LogP contribution is -2.41. The summed E-state index contributed by atoms with van der Waals surface area (Å²) in [6.07, 6.45) is 18.4. The first-order chi connectivity index (χ1) is 12.5. The molecule has 0 N–H and O–H groups in total. The molecule has 1 heteroatoms. The number of hydrogen-bond donors (Lipinski definition) is 0. The molecule has 8 atom stereocenters. The number of halogens is 1. The molecule has 3 fully saturated rings. The molecule has 0 nitrogen and oxygen atoms in total. The Bertz CT molecular complexity index is 506. The van der Waals surface area contributed by atoms with Crippen molar-refractivity contribution in [3.63, 3.8) is 0 Å². The second-order valence-electron chi connectivity index (χ2n) is 10.8. The number of allylic oxidation sites excluding steroid dienone is 2. The fraction of sp³-hybridized carbons (Fsp3) is 0.920. The lowest BCUT2D eigenvalue weighted by molar-refractivity contribution is 0.0420. The SMILES string of the molecule is CC(C)CCC[C@H](C)[C@@H]1CC[C@@H]2[C@@H]1CC[C@H]1[C@H]2CC=C2C[C@@H](Cl)CC[C@H]21. The van der Waals surface area contributed by atoms with Crippen molar-refractivity contribution in [2.75, 3.05) is 0 Å². The lowest BCUT2D eigenvalue weighted by atomic mass is 9.56. The maximum absolute atomic E-state index is 6.47. The highest BCUT2D eigenvalue weighted by Gasteiger charge is 2.50. The van der Waals surface area contributed by atoms with E-state index in [9.17, 15) is 0 Å². The summed E-state index contributed by atoms with van der Waals surface area (Å²) in [5.74, 6) is 7.92. The molecule has 26 heavy (non-hydrogen) atoms. The third kappa shape index (κ3) is 3.78. The van der Waals surface area contributed by atoms with E-state index in [-0.39, 0.29) is 0 Å². The number of alkyl halides is 1. The van der Waals surface area contributed by atoms with Crippen LogP contribution in [0, 0.1) is 47.3 Å². The van der Waals surface area contributed by atoms with Crippen molar-refractivity contribution in [3.05, 3.63) is 11.6 Å². The van der Waals surface area contributed by atoms with Crippen molar-refractivity contribution in [1.29, 1.82) is 0 Å². The smallest absolute Gasteiger partial charge is 0.0373 e. The number of rotatable bonds is 5. The van der Waals surface area contributed by atoms with E-state index in [1.807, 2.05) is 0 Å². The van der Waals surface area contributed by atoms with Crippen molar-refractivity contribution >= 4 is 11.6 Å². The minimum Gasteiger partial charge on any atom is -0.123 e. The molecule has 0 aliphatic heterocycles. The summed E-state index contributed by atoms with van der Waals surface area (Å²) < 4.78 is 0. The van der Waals surface area contributed by atoms with Crippen LogP contribution < -0.4 is 0 Å². The molecule has 148 valence electrons. The first kappa shape index (κ1) is 19.4. The topological polar surface area (TPSA) is 0 Å². The van der Waals surface area contributed by atoms with Crippen molar-refractivity contribution in [1.82, 2.24) is 0 Å². The van der Waals surface area contributed by atoms with Crippen LogP contribution in [0.15, 0.2) is 11.6 Å². The molecule has 0 amide bonds. The summed E-state index contributed by atoms with van der Waals surface area (Å²) in [5, 5.41) is 0.424. The van der Waals surface area contributed by atoms with Gasteiger partial charge in [-0.05, 0) is 98.7 Å². The van der Waals surface area contributed by atoms with Crippen LogP contribution in [0.2, 0.25) is 0 Å². The van der Waals surface area contributed by atoms with Gasteiger partial charge in [0.1, 0.15) is 0 Å². The first-order valence-corrected chi connectivity index (χ1v) is 12.3. The molecule has 0 spiro atoms. The Labute approximate surface area is 167 Å². The average molecular weight is 377 g/mol. The van der Waals surface area contributed by atoms with Crippen molar-refractivity contribution in [2.45, 2.75) is 96.8 Å². The molecular weight excluding hydrogens is 336 g/mol. The molecule has 0 unspecified atom stereocenters. The quantitative estimate of drug-likeness (QED) is 0.338. The van der Waals surface area contributed by atoms with E-state index in [4.69, 9.17) is 11.6 Å². The number of hydrogen-bond acceptors (Lipinski definition) is 0. The van der Waals surface area contributed by atoms with E-state index in [0.29, 0.717) is 5.38 Å². The Morgan fingerprint density at radius 1 is 0.885 bits per heavy atom. The maximum atomic E-state index is 6.47. The van der Waals surface area contributed by atoms with Crippen LogP contribution >= 0.6 is 11.6 Å². The van der Waals surface area contributed by atoms with Crippen LogP contribution in [0.25, 0.3) is 0 Å². The largest absolute Gasteiger partial charge is 0.123 e. The fourth-order valence-corrected chi connectivity index (χ4v) is 7.99. The minimum absolute atomic E-state index is 0.424. The summed E-state index contributed by atoms with van der Waals surface area (Å²) in [5.41, 5.74) is 1.76. The second-order valence-corrected chi connectivity index (χ2v) is 11.4. The van der Waals surface area contributed by atoms with E-state index in [0.717, 1.165) is 47.3 Å². The summed E-state index contributed by atoms with van der Waals surface area (Å²) in [6, 6.07) is 0. The second kappa shape index (κ2) is 8.18. The fourth-order valence-electron chi connectivity index (χ4n) is 7.69. The summed E-state index contributed by atoms with van der Waals surface area (Å²) in [4.78, 5) is 0. The molecule has 0 aromatic carbocycles. The molecule has 0 aromatic heterocycles. The Hall–Kier alpha value is 0.0300. The van der Waals surface area contributed by atoms with Crippen molar-refractivity contribution < 1.29 is 0 Å². The predicted molar refractivity (Wildman–Crippen MR) is 113 cm³/mol. The molecule has 0 saturated heterocycles. The van der Waals surface area contributed by atoms with E-state index in [1.54, 1.807) is 18.4 Å². The van der Waals surface area contributed by atoms with E-state index in [2.05, 4.69) is 26.8 Å². The molecule has 0 heterocycles. The standard InChI is InChI=1S/C25H41Cl/c1-16(2)5-4-6-17(3)20-11-12-25-22(20)13-14-23-21-10-8-19(26)15-18(21)7-9-24(23)25/h7,16-17,19-25H,4-6,8-15H2,1-3H3/t17-,19-,20-,21+,22+,23+,24+,25+/m0/s1. The highest BCUT2D eigenvalue weighted by molar-refractivity contribution is 6.20. The Morgan fingerprint density at radius 2 is 1.65 bits per heavy atom. The average Bonchev–Trinajstić information content (AvgIpc) is 3.05. The zero-order chi connectivity index (χ0) is 18.3. The van der Waals surface area contributed by atoms with E-state index < -0.39 is 0 Å². The first-order valence-electron chi connectivity index (χ1n) is 11.9. The highest BCUT2D eigenvalue weighted by atomic mass is 35.5. The van der Waals surface area contributed by atoms with Gasteiger partial charge in [0, 0.05) is 5.38 Å². The third-order valence-electron chi connectivity index (χ3n) is 8.93. The molecule has 4 rings (SSSR count). The van der Waals surface area contributed by atoms with Gasteiger partial charge in [0.25, 0.3) is 0 Å². The molecule has 3 saturated carbocycles. The Morgan fingerprint density at radius 3 is 2.46 bits per heavy atom. The van der Waals surface area contributed by atoms with Gasteiger partial charge < -0.3 is 0 Å². The van der Waals surface area contributed by atoms with Crippen LogP contribution in [0.5, 0.6) is 0 Å². The molecule has 0 aromatic rings. The van der Waals surface area contributed by atoms with Crippen LogP contribution in [0.3, 0.4) is 0 Å².